The Morgan fingerprint density at radius 2 is 1.76 bits per heavy atom. The second kappa shape index (κ2) is 14.8. The van der Waals surface area contributed by atoms with Gasteiger partial charge in [0.05, 0.1) is 13.0 Å². The quantitative estimate of drug-likeness (QED) is 0.137. The van der Waals surface area contributed by atoms with Crippen molar-refractivity contribution < 1.29 is 48.7 Å². The lowest BCUT2D eigenvalue weighted by Gasteiger charge is -2.42. The van der Waals surface area contributed by atoms with Gasteiger partial charge in [-0.3, -0.25) is 9.59 Å². The number of carboxylic acid groups (broad SMARTS) is 1. The molecule has 45 heavy (non-hydrogen) atoms. The first-order valence-corrected chi connectivity index (χ1v) is 16.1. The zero-order chi connectivity index (χ0) is 33.7. The van der Waals surface area contributed by atoms with E-state index in [-0.39, 0.29) is 37.0 Å². The molecule has 1 aromatic rings. The first-order chi connectivity index (χ1) is 21.0. The summed E-state index contributed by atoms with van der Waals surface area (Å²) in [5.74, 6) is -3.95. The molecule has 10 atom stereocenters. The Balaban J connectivity index is 1.81. The lowest BCUT2D eigenvalue weighted by Crippen LogP contribution is -2.71. The Morgan fingerprint density at radius 3 is 2.33 bits per heavy atom. The highest BCUT2D eigenvalue weighted by Crippen LogP contribution is 2.51. The molecule has 10 nitrogen and oxygen atoms in total. The van der Waals surface area contributed by atoms with E-state index in [1.165, 1.54) is 13.8 Å². The zero-order valence-electron chi connectivity index (χ0n) is 27.8. The van der Waals surface area contributed by atoms with Crippen LogP contribution < -0.4 is 0 Å². The van der Waals surface area contributed by atoms with Crippen molar-refractivity contribution in [3.63, 3.8) is 0 Å². The number of carboxylic acids is 1. The normalized spacial score (nSPS) is 30.9. The SMILES string of the molecule is C=C(CCC12OCC(C)(O)C(C(=O)O)([OH+]1)[C@H](OC(=O)CC(C)[C@@H](C)C[C@@H](C)CC)[C@H]2O)[C@@H](OC(C)=O)[C@H](C)Cc1ccccc1. The van der Waals surface area contributed by atoms with Gasteiger partial charge in [-0.05, 0) is 55.1 Å². The molecule has 2 aliphatic heterocycles. The first kappa shape index (κ1) is 36.7. The molecule has 0 amide bonds. The van der Waals surface area contributed by atoms with Crippen molar-refractivity contribution in [1.29, 1.82) is 0 Å². The average Bonchev–Trinajstić information content (AvgIpc) is 3.19. The molecule has 0 aliphatic carbocycles. The van der Waals surface area contributed by atoms with Crippen LogP contribution in [0.2, 0.25) is 0 Å². The van der Waals surface area contributed by atoms with Crippen molar-refractivity contribution >= 4 is 17.9 Å². The van der Waals surface area contributed by atoms with E-state index in [0.29, 0.717) is 17.9 Å². The molecule has 0 radical (unpaired) electrons. The standard InChI is InChI=1S/C35H52O10/c1-9-21(2)17-23(4)24(5)19-28(37)44-31-30(38)34(42-20-33(8,41)35(31,45-34)32(39)40)16-15-22(3)29(43-26(7)36)25(6)18-27-13-11-10-12-14-27/h10-14,21,23-25,29-31,38,41H,3,9,15-20H2,1-2,4-8H3,(H,39,40)/p+1/t21-,23-,24?,25+,29+,30+,31+,33?,34?,35?/m0/s1. The molecule has 2 fully saturated rings. The van der Waals surface area contributed by atoms with E-state index in [1.54, 1.807) is 0 Å². The van der Waals surface area contributed by atoms with Crippen LogP contribution in [0.5, 0.6) is 0 Å². The van der Waals surface area contributed by atoms with Crippen molar-refractivity contribution in [2.75, 3.05) is 6.61 Å². The molecule has 0 spiro atoms. The van der Waals surface area contributed by atoms with Gasteiger partial charge in [-0.25, -0.2) is 4.79 Å². The summed E-state index contributed by atoms with van der Waals surface area (Å²) >= 11 is 0. The number of benzene rings is 1. The van der Waals surface area contributed by atoms with E-state index >= 15 is 0 Å². The summed E-state index contributed by atoms with van der Waals surface area (Å²) in [6, 6.07) is 9.75. The highest BCUT2D eigenvalue weighted by atomic mass is 16.8. The lowest BCUT2D eigenvalue weighted by molar-refractivity contribution is -0.429. The zero-order valence-corrected chi connectivity index (χ0v) is 27.8. The number of rotatable bonds is 16. The van der Waals surface area contributed by atoms with Crippen LogP contribution in [0.1, 0.15) is 86.1 Å². The minimum Gasteiger partial charge on any atom is -0.475 e. The molecule has 2 aliphatic rings. The second-order valence-electron chi connectivity index (χ2n) is 13.7. The number of carbonyl (C=O) groups is 3. The number of fused-ring (bicyclic) bond motifs is 2. The van der Waals surface area contributed by atoms with Gasteiger partial charge in [0.1, 0.15) is 6.10 Å². The molecule has 0 saturated carbocycles. The molecule has 10 heteroatoms. The summed E-state index contributed by atoms with van der Waals surface area (Å²) in [6.07, 6.45) is -1.33. The fourth-order valence-electron chi connectivity index (χ4n) is 6.68. The number of aliphatic carboxylic acids is 1. The van der Waals surface area contributed by atoms with Gasteiger partial charge in [0.2, 0.25) is 12.2 Å². The molecular weight excluding hydrogens is 580 g/mol. The Morgan fingerprint density at radius 1 is 1.11 bits per heavy atom. The van der Waals surface area contributed by atoms with E-state index in [0.717, 1.165) is 18.4 Å². The van der Waals surface area contributed by atoms with Crippen molar-refractivity contribution in [2.24, 2.45) is 23.7 Å². The molecule has 4 unspecified atom stereocenters. The maximum absolute atomic E-state index is 13.2. The maximum Gasteiger partial charge on any atom is 0.395 e. The molecule has 3 rings (SSSR count). The van der Waals surface area contributed by atoms with Crippen molar-refractivity contribution in [1.82, 2.24) is 0 Å². The summed E-state index contributed by atoms with van der Waals surface area (Å²) in [6.45, 7) is 16.5. The number of ether oxygens (including phenoxy) is 4. The van der Waals surface area contributed by atoms with Crippen LogP contribution in [0.4, 0.5) is 0 Å². The van der Waals surface area contributed by atoms with Crippen LogP contribution in [0.3, 0.4) is 0 Å². The third-order valence-corrected chi connectivity index (χ3v) is 9.88. The fraction of sp³-hybridized carbons (Fsp3) is 0.686. The molecule has 2 bridgehead atoms. The van der Waals surface area contributed by atoms with E-state index in [2.05, 4.69) is 32.1 Å². The Labute approximate surface area is 267 Å². The summed E-state index contributed by atoms with van der Waals surface area (Å²) in [5.41, 5.74) is -2.84. The molecule has 252 valence electrons. The first-order valence-electron chi connectivity index (χ1n) is 16.1. The van der Waals surface area contributed by atoms with E-state index in [9.17, 15) is 29.7 Å². The van der Waals surface area contributed by atoms with Gasteiger partial charge in [-0.1, -0.05) is 78.0 Å². The van der Waals surface area contributed by atoms with Crippen molar-refractivity contribution in [3.8, 4) is 0 Å². The van der Waals surface area contributed by atoms with Gasteiger partial charge in [0.15, 0.2) is 5.60 Å². The van der Waals surface area contributed by atoms with Crippen LogP contribution in [0.15, 0.2) is 42.5 Å². The summed E-state index contributed by atoms with van der Waals surface area (Å²) < 4.78 is 21.8. The van der Waals surface area contributed by atoms with Crippen LogP contribution >= 0.6 is 0 Å². The van der Waals surface area contributed by atoms with Gasteiger partial charge in [-0.15, -0.1) is 0 Å². The van der Waals surface area contributed by atoms with E-state index < -0.39 is 59.8 Å². The maximum atomic E-state index is 13.2. The van der Waals surface area contributed by atoms with Crippen LogP contribution in [0.25, 0.3) is 0 Å². The van der Waals surface area contributed by atoms with Crippen LogP contribution in [-0.2, 0) is 35.0 Å². The summed E-state index contributed by atoms with van der Waals surface area (Å²) in [5, 5.41) is 33.4. The predicted molar refractivity (Wildman–Crippen MR) is 168 cm³/mol. The van der Waals surface area contributed by atoms with E-state index in [4.69, 9.17) is 14.2 Å². The van der Waals surface area contributed by atoms with Gasteiger partial charge >= 0.3 is 29.3 Å². The topological polar surface area (TPSA) is 152 Å². The molecular formula is C35H53O10+. The number of hydrogen-bond donors (Lipinski definition) is 3. The number of aliphatic hydroxyl groups excluding tert-OH is 1. The Kier molecular flexibility index (Phi) is 12.0. The molecule has 1 aromatic carbocycles. The van der Waals surface area contributed by atoms with Crippen molar-refractivity contribution in [2.45, 2.75) is 122 Å². The molecule has 2 heterocycles. The predicted octanol–water partition coefficient (Wildman–Crippen LogP) is 4.35. The number of hydrogen-bond acceptors (Lipinski definition) is 8. The minimum atomic E-state index is -2.36. The van der Waals surface area contributed by atoms with Gasteiger partial charge in [-0.2, -0.15) is 0 Å². The number of carbonyl (C=O) groups excluding carboxylic acids is 2. The third-order valence-electron chi connectivity index (χ3n) is 9.88. The molecule has 4 N–H and O–H groups in total. The smallest absolute Gasteiger partial charge is 0.395 e. The number of esters is 2. The molecule has 2 saturated heterocycles. The van der Waals surface area contributed by atoms with Crippen LogP contribution in [-0.4, -0.2) is 79.9 Å². The average molecular weight is 634 g/mol. The van der Waals surface area contributed by atoms with Crippen molar-refractivity contribution in [3.05, 3.63) is 48.0 Å². The van der Waals surface area contributed by atoms with E-state index in [1.807, 2.05) is 44.2 Å². The Hall–Kier alpha value is -2.79. The summed E-state index contributed by atoms with van der Waals surface area (Å²) in [4.78, 5) is 38.1. The number of aliphatic hydroxyl groups is 4. The minimum absolute atomic E-state index is 0.0205. The monoisotopic (exact) mass is 633 g/mol. The Bertz CT molecular complexity index is 1200. The molecule has 0 aromatic heterocycles. The van der Waals surface area contributed by atoms with Gasteiger partial charge in [0, 0.05) is 19.3 Å². The van der Waals surface area contributed by atoms with Gasteiger partial charge < -0.3 is 34.3 Å². The fourth-order valence-corrected chi connectivity index (χ4v) is 6.68. The largest absolute Gasteiger partial charge is 0.475 e. The van der Waals surface area contributed by atoms with Gasteiger partial charge in [0.25, 0.3) is 0 Å². The second-order valence-corrected chi connectivity index (χ2v) is 13.7. The third kappa shape index (κ3) is 7.96. The lowest BCUT2D eigenvalue weighted by atomic mass is 9.79. The summed E-state index contributed by atoms with van der Waals surface area (Å²) in [7, 11) is 0. The van der Waals surface area contributed by atoms with Crippen LogP contribution in [0, 0.1) is 23.7 Å². The highest BCUT2D eigenvalue weighted by Gasteiger charge is 2.83. The highest BCUT2D eigenvalue weighted by molar-refractivity contribution is 5.82.